The Hall–Kier alpha value is 0.137. The average molecular weight is 457 g/mol. The Kier molecular flexibility index (Phi) is 24.9. The third-order valence-corrected chi connectivity index (χ3v) is 8.19. The van der Waals surface area contributed by atoms with E-state index >= 15 is 0 Å². The van der Waals surface area contributed by atoms with Crippen LogP contribution in [0, 0.1) is 0 Å². The van der Waals surface area contributed by atoms with Gasteiger partial charge < -0.3 is 8.85 Å². The first-order chi connectivity index (χ1) is 15.1. The van der Waals surface area contributed by atoms with Crippen LogP contribution in [0.15, 0.2) is 0 Å². The van der Waals surface area contributed by atoms with E-state index in [1.54, 1.807) is 0 Å². The zero-order chi connectivity index (χ0) is 22.9. The third-order valence-electron chi connectivity index (χ3n) is 6.40. The molecule has 0 atom stereocenters. The second kappa shape index (κ2) is 24.8. The Labute approximate surface area is 198 Å². The highest BCUT2D eigenvalue weighted by Crippen LogP contribution is 2.14. The first-order valence-corrected chi connectivity index (χ1v) is 17.2. The van der Waals surface area contributed by atoms with Gasteiger partial charge in [-0.25, -0.2) is 0 Å². The molecule has 31 heavy (non-hydrogen) atoms. The molecule has 0 radical (unpaired) electrons. The van der Waals surface area contributed by atoms with Gasteiger partial charge in [0, 0.05) is 13.2 Å². The fraction of sp³-hybridized carbons (Fsp3) is 1.00. The molecule has 3 heteroatoms. The molecule has 0 N–H and O–H groups in total. The molecule has 0 aromatic rings. The van der Waals surface area contributed by atoms with E-state index < -0.39 is 8.56 Å². The van der Waals surface area contributed by atoms with E-state index in [0.29, 0.717) is 0 Å². The zero-order valence-corrected chi connectivity index (χ0v) is 23.3. The van der Waals surface area contributed by atoms with Crippen molar-refractivity contribution in [2.24, 2.45) is 0 Å². The summed E-state index contributed by atoms with van der Waals surface area (Å²) in [5.74, 6) is 0. The monoisotopic (exact) mass is 456 g/mol. The summed E-state index contributed by atoms with van der Waals surface area (Å²) in [4.78, 5) is 0. The molecule has 0 rings (SSSR count). The quantitative estimate of drug-likeness (QED) is 0.0951. The predicted octanol–water partition coefficient (Wildman–Crippen LogP) is 10.3. The van der Waals surface area contributed by atoms with Gasteiger partial charge >= 0.3 is 8.56 Å². The van der Waals surface area contributed by atoms with Gasteiger partial charge in [0.15, 0.2) is 0 Å². The molecule has 188 valence electrons. The highest BCUT2D eigenvalue weighted by Gasteiger charge is 2.23. The van der Waals surface area contributed by atoms with Crippen LogP contribution in [0.3, 0.4) is 0 Å². The van der Waals surface area contributed by atoms with Crippen LogP contribution in [0.2, 0.25) is 13.1 Å². The van der Waals surface area contributed by atoms with Gasteiger partial charge in [-0.3, -0.25) is 0 Å². The van der Waals surface area contributed by atoms with Gasteiger partial charge in [-0.05, 0) is 25.9 Å². The minimum Gasteiger partial charge on any atom is -0.395 e. The van der Waals surface area contributed by atoms with Crippen LogP contribution >= 0.6 is 0 Å². The number of unbranched alkanes of at least 4 members (excludes halogenated alkanes) is 20. The Morgan fingerprint density at radius 3 is 0.839 bits per heavy atom. The fourth-order valence-corrected chi connectivity index (χ4v) is 5.57. The smallest absolute Gasteiger partial charge is 0.331 e. The largest absolute Gasteiger partial charge is 0.395 e. The summed E-state index contributed by atoms with van der Waals surface area (Å²) in [5.41, 5.74) is 0. The Bertz CT molecular complexity index is 303. The Morgan fingerprint density at radius 2 is 0.581 bits per heavy atom. The van der Waals surface area contributed by atoms with E-state index in [4.69, 9.17) is 8.85 Å². The molecular weight excluding hydrogens is 396 g/mol. The molecule has 0 saturated carbocycles. The molecule has 0 aliphatic rings. The van der Waals surface area contributed by atoms with Crippen LogP contribution in [0.4, 0.5) is 0 Å². The third kappa shape index (κ3) is 26.3. The van der Waals surface area contributed by atoms with Crippen LogP contribution in [0.25, 0.3) is 0 Å². The maximum atomic E-state index is 6.13. The number of rotatable bonds is 26. The van der Waals surface area contributed by atoms with E-state index in [9.17, 15) is 0 Å². The summed E-state index contributed by atoms with van der Waals surface area (Å²) in [6.07, 6.45) is 30.5. The van der Waals surface area contributed by atoms with E-state index in [0.717, 1.165) is 13.2 Å². The molecule has 0 spiro atoms. The van der Waals surface area contributed by atoms with E-state index in [1.807, 2.05) is 0 Å². The molecule has 0 unspecified atom stereocenters. The molecule has 0 fully saturated rings. The SMILES string of the molecule is CCCCCCCCCCCCCO[Si](C)(C)OCCCCCCCCCCCCC. The van der Waals surface area contributed by atoms with Gasteiger partial charge in [-0.2, -0.15) is 0 Å². The lowest BCUT2D eigenvalue weighted by Crippen LogP contribution is -2.35. The van der Waals surface area contributed by atoms with Gasteiger partial charge in [0.1, 0.15) is 0 Å². The lowest BCUT2D eigenvalue weighted by Gasteiger charge is -2.23. The average Bonchev–Trinajstić information content (AvgIpc) is 2.75. The van der Waals surface area contributed by atoms with Crippen molar-refractivity contribution in [1.29, 1.82) is 0 Å². The Balaban J connectivity index is 3.29. The molecule has 0 aliphatic heterocycles. The minimum atomic E-state index is -1.90. The molecule has 0 aromatic carbocycles. The summed E-state index contributed by atoms with van der Waals surface area (Å²) in [6, 6.07) is 0. The molecule has 0 saturated heterocycles. The molecular formula is C28H60O2Si. The highest BCUT2D eigenvalue weighted by molar-refractivity contribution is 6.64. The maximum absolute atomic E-state index is 6.13. The number of hydrogen-bond acceptors (Lipinski definition) is 2. The summed E-state index contributed by atoms with van der Waals surface area (Å²) in [7, 11) is -1.90. The van der Waals surface area contributed by atoms with Gasteiger partial charge in [0.25, 0.3) is 0 Å². The number of hydrogen-bond donors (Lipinski definition) is 0. The summed E-state index contributed by atoms with van der Waals surface area (Å²) in [6.45, 7) is 10.8. The molecule has 0 bridgehead atoms. The van der Waals surface area contributed by atoms with Crippen LogP contribution in [0.5, 0.6) is 0 Å². The first-order valence-electron chi connectivity index (χ1n) is 14.4. The molecule has 2 nitrogen and oxygen atoms in total. The van der Waals surface area contributed by atoms with Crippen molar-refractivity contribution in [1.82, 2.24) is 0 Å². The standard InChI is InChI=1S/C28H60O2Si/c1-5-7-9-11-13-15-17-19-21-23-25-27-29-31(3,4)30-28-26-24-22-20-18-16-14-12-10-8-6-2/h5-28H2,1-4H3. The highest BCUT2D eigenvalue weighted by atomic mass is 28.4. The second-order valence-electron chi connectivity index (χ2n) is 10.2. The van der Waals surface area contributed by atoms with Crippen molar-refractivity contribution in [3.05, 3.63) is 0 Å². The fourth-order valence-electron chi connectivity index (χ4n) is 4.21. The van der Waals surface area contributed by atoms with Gasteiger partial charge in [0.2, 0.25) is 0 Å². The normalized spacial score (nSPS) is 12.0. The summed E-state index contributed by atoms with van der Waals surface area (Å²) in [5, 5.41) is 0. The predicted molar refractivity (Wildman–Crippen MR) is 142 cm³/mol. The summed E-state index contributed by atoms with van der Waals surface area (Å²) >= 11 is 0. The van der Waals surface area contributed by atoms with Gasteiger partial charge in [-0.1, -0.05) is 142 Å². The van der Waals surface area contributed by atoms with E-state index in [-0.39, 0.29) is 0 Å². The minimum absolute atomic E-state index is 0.897. The second-order valence-corrected chi connectivity index (χ2v) is 13.5. The van der Waals surface area contributed by atoms with Crippen molar-refractivity contribution in [2.75, 3.05) is 13.2 Å². The van der Waals surface area contributed by atoms with Crippen LogP contribution in [-0.4, -0.2) is 21.8 Å². The summed E-state index contributed by atoms with van der Waals surface area (Å²) < 4.78 is 12.3. The van der Waals surface area contributed by atoms with Crippen LogP contribution in [0.1, 0.15) is 155 Å². The van der Waals surface area contributed by atoms with Crippen molar-refractivity contribution < 1.29 is 8.85 Å². The Morgan fingerprint density at radius 1 is 0.355 bits per heavy atom. The van der Waals surface area contributed by atoms with Crippen molar-refractivity contribution >= 4 is 8.56 Å². The first kappa shape index (κ1) is 31.1. The molecule has 0 amide bonds. The molecule has 0 aliphatic carbocycles. The van der Waals surface area contributed by atoms with Crippen LogP contribution in [-0.2, 0) is 8.85 Å². The van der Waals surface area contributed by atoms with Crippen LogP contribution < -0.4 is 0 Å². The van der Waals surface area contributed by atoms with Crippen molar-refractivity contribution in [3.8, 4) is 0 Å². The lowest BCUT2D eigenvalue weighted by atomic mass is 10.1. The molecule has 0 aromatic heterocycles. The lowest BCUT2D eigenvalue weighted by molar-refractivity contribution is 0.172. The zero-order valence-electron chi connectivity index (χ0n) is 22.3. The molecule has 0 heterocycles. The van der Waals surface area contributed by atoms with Gasteiger partial charge in [0.05, 0.1) is 0 Å². The van der Waals surface area contributed by atoms with Crippen molar-refractivity contribution in [3.63, 3.8) is 0 Å². The van der Waals surface area contributed by atoms with E-state index in [1.165, 1.54) is 141 Å². The maximum Gasteiger partial charge on any atom is 0.331 e. The topological polar surface area (TPSA) is 18.5 Å². The van der Waals surface area contributed by atoms with Gasteiger partial charge in [-0.15, -0.1) is 0 Å². The van der Waals surface area contributed by atoms with Crippen molar-refractivity contribution in [2.45, 2.75) is 168 Å². The van der Waals surface area contributed by atoms with E-state index in [2.05, 4.69) is 26.9 Å².